The summed E-state index contributed by atoms with van der Waals surface area (Å²) in [6, 6.07) is 9.70. The van der Waals surface area contributed by atoms with Crippen LogP contribution in [0.5, 0.6) is 0 Å². The molecular weight excluding hydrogens is 202 g/mol. The first-order valence-corrected chi connectivity index (χ1v) is 4.90. The molecule has 0 unspecified atom stereocenters. The molecule has 0 saturated heterocycles. The highest BCUT2D eigenvalue weighted by atomic mass is 15.1. The Kier molecular flexibility index (Phi) is 4.78. The first-order chi connectivity index (χ1) is 7.80. The van der Waals surface area contributed by atoms with E-state index in [0.717, 1.165) is 11.5 Å². The fourth-order valence-corrected chi connectivity index (χ4v) is 1.30. The van der Waals surface area contributed by atoms with E-state index in [1.54, 1.807) is 11.9 Å². The van der Waals surface area contributed by atoms with Gasteiger partial charge in [-0.25, -0.2) is 4.98 Å². The third-order valence-corrected chi connectivity index (χ3v) is 2.04. The summed E-state index contributed by atoms with van der Waals surface area (Å²) in [5.74, 6) is 0.784. The van der Waals surface area contributed by atoms with Crippen LogP contribution in [0.1, 0.15) is 5.69 Å². The summed E-state index contributed by atoms with van der Waals surface area (Å²) >= 11 is 0. The Morgan fingerprint density at radius 1 is 1.31 bits per heavy atom. The minimum Gasteiger partial charge on any atom is -0.373 e. The molecule has 0 aromatic carbocycles. The van der Waals surface area contributed by atoms with Crippen LogP contribution in [0.15, 0.2) is 18.2 Å². The Bertz CT molecular complexity index is 399. The number of rotatable bonds is 5. The topological polar surface area (TPSA) is 75.7 Å². The molecule has 0 atom stereocenters. The van der Waals surface area contributed by atoms with Crippen molar-refractivity contribution < 1.29 is 0 Å². The Morgan fingerprint density at radius 2 is 2.00 bits per heavy atom. The van der Waals surface area contributed by atoms with Gasteiger partial charge >= 0.3 is 0 Å². The first-order valence-electron chi connectivity index (χ1n) is 4.90. The van der Waals surface area contributed by atoms with E-state index < -0.39 is 0 Å². The Hall–Kier alpha value is -2.11. The van der Waals surface area contributed by atoms with Crippen molar-refractivity contribution in [3.8, 4) is 12.1 Å². The number of nitrogens with one attached hydrogen (secondary N) is 1. The lowest BCUT2D eigenvalue weighted by atomic mass is 10.3. The number of anilines is 1. The fourth-order valence-electron chi connectivity index (χ4n) is 1.30. The maximum absolute atomic E-state index is 8.61. The molecule has 1 N–H and O–H groups in total. The molecule has 82 valence electrons. The molecule has 1 aromatic rings. The maximum Gasteiger partial charge on any atom is 0.126 e. The Morgan fingerprint density at radius 3 is 2.56 bits per heavy atom. The highest BCUT2D eigenvalue weighted by molar-refractivity contribution is 5.34. The van der Waals surface area contributed by atoms with E-state index in [4.69, 9.17) is 10.5 Å². The molecule has 1 aromatic heterocycles. The van der Waals surface area contributed by atoms with Crippen LogP contribution < -0.4 is 5.32 Å². The second-order valence-electron chi connectivity index (χ2n) is 3.23. The molecule has 0 amide bonds. The van der Waals surface area contributed by atoms with Crippen LogP contribution in [-0.4, -0.2) is 30.0 Å². The lowest BCUT2D eigenvalue weighted by Gasteiger charge is -2.14. The van der Waals surface area contributed by atoms with E-state index in [1.807, 2.05) is 30.3 Å². The van der Waals surface area contributed by atoms with Crippen molar-refractivity contribution in [2.24, 2.45) is 0 Å². The van der Waals surface area contributed by atoms with Gasteiger partial charge in [0.1, 0.15) is 5.82 Å². The van der Waals surface area contributed by atoms with Gasteiger partial charge in [0.25, 0.3) is 0 Å². The number of nitriles is 2. The van der Waals surface area contributed by atoms with Gasteiger partial charge < -0.3 is 5.32 Å². The lowest BCUT2D eigenvalue weighted by Crippen LogP contribution is -2.24. The molecule has 0 radical (unpaired) electrons. The summed E-state index contributed by atoms with van der Waals surface area (Å²) in [5.41, 5.74) is 0.845. The van der Waals surface area contributed by atoms with Gasteiger partial charge in [-0.15, -0.1) is 0 Å². The highest BCUT2D eigenvalue weighted by Crippen LogP contribution is 2.06. The third-order valence-electron chi connectivity index (χ3n) is 2.04. The summed E-state index contributed by atoms with van der Waals surface area (Å²) in [4.78, 5) is 6.06. The third kappa shape index (κ3) is 3.56. The highest BCUT2D eigenvalue weighted by Gasteiger charge is 2.05. The van der Waals surface area contributed by atoms with Crippen LogP contribution in [0.4, 0.5) is 5.82 Å². The summed E-state index contributed by atoms with van der Waals surface area (Å²) in [6.45, 7) is 0.981. The molecule has 0 aliphatic rings. The average Bonchev–Trinajstić information content (AvgIpc) is 2.30. The van der Waals surface area contributed by atoms with E-state index >= 15 is 0 Å². The molecule has 0 saturated carbocycles. The molecule has 16 heavy (non-hydrogen) atoms. The number of pyridine rings is 1. The summed E-state index contributed by atoms with van der Waals surface area (Å²) < 4.78 is 0. The fraction of sp³-hybridized carbons (Fsp3) is 0.364. The van der Waals surface area contributed by atoms with Crippen LogP contribution >= 0.6 is 0 Å². The number of hydrogen-bond donors (Lipinski definition) is 1. The van der Waals surface area contributed by atoms with Gasteiger partial charge in [-0.2, -0.15) is 10.5 Å². The Balaban J connectivity index is 2.70. The van der Waals surface area contributed by atoms with Gasteiger partial charge in [0.15, 0.2) is 0 Å². The van der Waals surface area contributed by atoms with Crippen molar-refractivity contribution in [3.63, 3.8) is 0 Å². The molecule has 0 aliphatic heterocycles. The SMILES string of the molecule is CNc1cccc(CN(CC#N)CC#N)n1. The van der Waals surface area contributed by atoms with Crippen molar-refractivity contribution >= 4 is 5.82 Å². The zero-order chi connectivity index (χ0) is 11.8. The molecule has 1 rings (SSSR count). The van der Waals surface area contributed by atoms with Crippen molar-refractivity contribution in [2.75, 3.05) is 25.5 Å². The Labute approximate surface area is 94.9 Å². The monoisotopic (exact) mass is 215 g/mol. The molecule has 0 bridgehead atoms. The smallest absolute Gasteiger partial charge is 0.126 e. The molecule has 0 fully saturated rings. The lowest BCUT2D eigenvalue weighted by molar-refractivity contribution is 0.331. The summed E-state index contributed by atoms with van der Waals surface area (Å²) in [7, 11) is 1.80. The van der Waals surface area contributed by atoms with Gasteiger partial charge in [0.2, 0.25) is 0 Å². The van der Waals surface area contributed by atoms with Gasteiger partial charge in [-0.1, -0.05) is 6.07 Å². The van der Waals surface area contributed by atoms with Crippen LogP contribution in [-0.2, 0) is 6.54 Å². The van der Waals surface area contributed by atoms with Crippen molar-refractivity contribution in [1.29, 1.82) is 10.5 Å². The van der Waals surface area contributed by atoms with E-state index in [9.17, 15) is 0 Å². The van der Waals surface area contributed by atoms with Crippen LogP contribution in [0.3, 0.4) is 0 Å². The van der Waals surface area contributed by atoms with Crippen molar-refractivity contribution in [3.05, 3.63) is 23.9 Å². The number of nitrogens with zero attached hydrogens (tertiary/aromatic N) is 4. The standard InChI is InChI=1S/C11H13N5/c1-14-11-4-2-3-10(15-11)9-16(7-5-12)8-6-13/h2-4H,7-9H2,1H3,(H,14,15). The van der Waals surface area contributed by atoms with Crippen LogP contribution in [0, 0.1) is 22.7 Å². The van der Waals surface area contributed by atoms with E-state index in [1.165, 1.54) is 0 Å². The van der Waals surface area contributed by atoms with Crippen LogP contribution in [0.25, 0.3) is 0 Å². The number of hydrogen-bond acceptors (Lipinski definition) is 5. The number of aromatic nitrogens is 1. The maximum atomic E-state index is 8.61. The first kappa shape index (κ1) is 12.0. The quantitative estimate of drug-likeness (QED) is 0.741. The van der Waals surface area contributed by atoms with Gasteiger partial charge in [0, 0.05) is 13.6 Å². The minimum atomic E-state index is 0.235. The summed E-state index contributed by atoms with van der Waals surface area (Å²) in [5, 5.41) is 20.2. The van der Waals surface area contributed by atoms with E-state index in [2.05, 4.69) is 10.3 Å². The molecule has 5 nitrogen and oxygen atoms in total. The van der Waals surface area contributed by atoms with Gasteiger partial charge in [0.05, 0.1) is 30.9 Å². The van der Waals surface area contributed by atoms with Crippen molar-refractivity contribution in [2.45, 2.75) is 6.54 Å². The molecular formula is C11H13N5. The average molecular weight is 215 g/mol. The molecule has 5 heteroatoms. The second kappa shape index (κ2) is 6.39. The molecule has 0 spiro atoms. The predicted molar refractivity (Wildman–Crippen MR) is 60.3 cm³/mol. The van der Waals surface area contributed by atoms with Crippen LogP contribution in [0.2, 0.25) is 0 Å². The predicted octanol–water partition coefficient (Wildman–Crippen LogP) is 0.972. The molecule has 0 aliphatic carbocycles. The van der Waals surface area contributed by atoms with Gasteiger partial charge in [-0.05, 0) is 12.1 Å². The normalized spacial score (nSPS) is 9.50. The van der Waals surface area contributed by atoms with E-state index in [-0.39, 0.29) is 13.1 Å². The van der Waals surface area contributed by atoms with Gasteiger partial charge in [-0.3, -0.25) is 4.90 Å². The van der Waals surface area contributed by atoms with Crippen molar-refractivity contribution in [1.82, 2.24) is 9.88 Å². The zero-order valence-electron chi connectivity index (χ0n) is 9.14. The molecule has 1 heterocycles. The minimum absolute atomic E-state index is 0.235. The summed E-state index contributed by atoms with van der Waals surface area (Å²) in [6.07, 6.45) is 0. The second-order valence-corrected chi connectivity index (χ2v) is 3.23. The zero-order valence-corrected chi connectivity index (χ0v) is 9.14. The largest absolute Gasteiger partial charge is 0.373 e. The van der Waals surface area contributed by atoms with E-state index in [0.29, 0.717) is 6.54 Å².